The molecule has 0 aromatic rings. The number of aliphatic carboxylic acids is 1. The molecule has 0 aromatic heterocycles. The summed E-state index contributed by atoms with van der Waals surface area (Å²) in [7, 11) is 0. The van der Waals surface area contributed by atoms with Crippen LogP contribution in [-0.2, 0) is 14.4 Å². The number of likely N-dealkylation sites (tertiary alicyclic amines) is 1. The van der Waals surface area contributed by atoms with Crippen molar-refractivity contribution in [2.24, 2.45) is 11.8 Å². The van der Waals surface area contributed by atoms with Gasteiger partial charge in [-0.05, 0) is 44.4 Å². The van der Waals surface area contributed by atoms with E-state index < -0.39 is 5.97 Å². The van der Waals surface area contributed by atoms with E-state index in [1.807, 2.05) is 4.90 Å². The van der Waals surface area contributed by atoms with E-state index in [9.17, 15) is 14.4 Å². The number of hydrogen-bond donors (Lipinski definition) is 2. The predicted molar refractivity (Wildman–Crippen MR) is 95.0 cm³/mol. The van der Waals surface area contributed by atoms with E-state index in [4.69, 9.17) is 5.11 Å². The number of nitrogens with one attached hydrogen (secondary N) is 1. The summed E-state index contributed by atoms with van der Waals surface area (Å²) in [6, 6.07) is 0.329. The van der Waals surface area contributed by atoms with E-state index in [1.54, 1.807) is 0 Å². The fourth-order valence-electron chi connectivity index (χ4n) is 3.93. The van der Waals surface area contributed by atoms with Crippen LogP contribution in [0, 0.1) is 11.8 Å². The Labute approximate surface area is 150 Å². The van der Waals surface area contributed by atoms with Gasteiger partial charge in [-0.1, -0.05) is 19.8 Å². The summed E-state index contributed by atoms with van der Waals surface area (Å²) in [6.45, 7) is 3.44. The Morgan fingerprint density at radius 1 is 1.12 bits per heavy atom. The molecule has 0 bridgehead atoms. The van der Waals surface area contributed by atoms with Crippen molar-refractivity contribution in [3.05, 3.63) is 0 Å². The lowest BCUT2D eigenvalue weighted by Gasteiger charge is -2.33. The number of amides is 2. The van der Waals surface area contributed by atoms with E-state index in [0.717, 1.165) is 38.0 Å². The van der Waals surface area contributed by atoms with Crippen molar-refractivity contribution >= 4 is 17.8 Å². The summed E-state index contributed by atoms with van der Waals surface area (Å²) in [5.74, 6) is -0.0856. The minimum atomic E-state index is -0.754. The van der Waals surface area contributed by atoms with Gasteiger partial charge in [0.05, 0.1) is 5.92 Å². The highest BCUT2D eigenvalue weighted by Gasteiger charge is 2.38. The molecule has 1 saturated carbocycles. The standard InChI is InChI=1S/C19H32N2O4/c1-14-7-9-16(10-8-14)21-13-15(12-17(21)22)19(25)20-11-5-3-2-4-6-18(23)24/h14-16H,2-13H2,1H3,(H,20,25)(H,23,24). The molecule has 142 valence electrons. The quantitative estimate of drug-likeness (QED) is 0.624. The smallest absolute Gasteiger partial charge is 0.303 e. The molecule has 0 spiro atoms. The molecule has 0 aromatic carbocycles. The van der Waals surface area contributed by atoms with Gasteiger partial charge < -0.3 is 15.3 Å². The average Bonchev–Trinajstić information content (AvgIpc) is 2.96. The molecule has 2 rings (SSSR count). The van der Waals surface area contributed by atoms with Crippen LogP contribution in [0.15, 0.2) is 0 Å². The first kappa shape index (κ1) is 19.7. The van der Waals surface area contributed by atoms with Crippen molar-refractivity contribution in [2.45, 2.75) is 77.2 Å². The van der Waals surface area contributed by atoms with Gasteiger partial charge in [-0.15, -0.1) is 0 Å². The Hall–Kier alpha value is -1.59. The number of rotatable bonds is 9. The van der Waals surface area contributed by atoms with Crippen molar-refractivity contribution in [3.63, 3.8) is 0 Å². The number of carbonyl (C=O) groups excluding carboxylic acids is 2. The third-order valence-electron chi connectivity index (χ3n) is 5.57. The van der Waals surface area contributed by atoms with E-state index in [1.165, 1.54) is 12.8 Å². The second-order valence-corrected chi connectivity index (χ2v) is 7.71. The molecule has 2 fully saturated rings. The summed E-state index contributed by atoms with van der Waals surface area (Å²) < 4.78 is 0. The Balaban J connectivity index is 1.62. The van der Waals surface area contributed by atoms with Gasteiger partial charge in [0.15, 0.2) is 0 Å². The first-order valence-electron chi connectivity index (χ1n) is 9.76. The van der Waals surface area contributed by atoms with E-state index in [0.29, 0.717) is 32.0 Å². The Kier molecular flexibility index (Phi) is 7.72. The zero-order valence-electron chi connectivity index (χ0n) is 15.3. The molecule has 2 amide bonds. The van der Waals surface area contributed by atoms with E-state index in [-0.39, 0.29) is 24.2 Å². The Morgan fingerprint density at radius 2 is 1.80 bits per heavy atom. The molecular weight excluding hydrogens is 320 g/mol. The van der Waals surface area contributed by atoms with Crippen LogP contribution in [0.3, 0.4) is 0 Å². The second-order valence-electron chi connectivity index (χ2n) is 7.71. The van der Waals surface area contributed by atoms with Gasteiger partial charge in [-0.3, -0.25) is 14.4 Å². The molecule has 1 aliphatic heterocycles. The van der Waals surface area contributed by atoms with Crippen LogP contribution in [0.1, 0.15) is 71.1 Å². The third kappa shape index (κ3) is 6.33. The molecule has 2 N–H and O–H groups in total. The topological polar surface area (TPSA) is 86.7 Å². The lowest BCUT2D eigenvalue weighted by atomic mass is 9.87. The SMILES string of the molecule is CC1CCC(N2CC(C(=O)NCCCCCCC(=O)O)CC2=O)CC1. The molecular formula is C19H32N2O4. The number of carboxylic acids is 1. The van der Waals surface area contributed by atoms with Gasteiger partial charge in [-0.25, -0.2) is 0 Å². The molecule has 6 nitrogen and oxygen atoms in total. The van der Waals surface area contributed by atoms with Gasteiger partial charge in [0.1, 0.15) is 0 Å². The van der Waals surface area contributed by atoms with Crippen molar-refractivity contribution < 1.29 is 19.5 Å². The summed E-state index contributed by atoms with van der Waals surface area (Å²) in [5.41, 5.74) is 0. The second kappa shape index (κ2) is 9.78. The number of unbranched alkanes of at least 4 members (excludes halogenated alkanes) is 3. The van der Waals surface area contributed by atoms with Crippen molar-refractivity contribution in [1.82, 2.24) is 10.2 Å². The summed E-state index contributed by atoms with van der Waals surface area (Å²) in [6.07, 6.45) is 8.38. The molecule has 0 radical (unpaired) electrons. The van der Waals surface area contributed by atoms with Crippen LogP contribution >= 0.6 is 0 Å². The van der Waals surface area contributed by atoms with Crippen LogP contribution in [0.25, 0.3) is 0 Å². The molecule has 1 aliphatic carbocycles. The van der Waals surface area contributed by atoms with E-state index in [2.05, 4.69) is 12.2 Å². The van der Waals surface area contributed by atoms with Crippen molar-refractivity contribution in [1.29, 1.82) is 0 Å². The number of carboxylic acid groups (broad SMARTS) is 1. The van der Waals surface area contributed by atoms with Crippen LogP contribution in [0.2, 0.25) is 0 Å². The normalized spacial score (nSPS) is 26.7. The van der Waals surface area contributed by atoms with Crippen LogP contribution in [-0.4, -0.2) is 46.9 Å². The first-order chi connectivity index (χ1) is 12.0. The minimum absolute atomic E-state index is 0.00874. The fraction of sp³-hybridized carbons (Fsp3) is 0.842. The highest BCUT2D eigenvalue weighted by molar-refractivity contribution is 5.89. The van der Waals surface area contributed by atoms with E-state index >= 15 is 0 Å². The monoisotopic (exact) mass is 352 g/mol. The van der Waals surface area contributed by atoms with Gasteiger partial charge in [-0.2, -0.15) is 0 Å². The van der Waals surface area contributed by atoms with Crippen LogP contribution < -0.4 is 5.32 Å². The maximum atomic E-state index is 12.3. The van der Waals surface area contributed by atoms with Crippen LogP contribution in [0.4, 0.5) is 0 Å². The third-order valence-corrected chi connectivity index (χ3v) is 5.57. The lowest BCUT2D eigenvalue weighted by molar-refractivity contribution is -0.137. The first-order valence-corrected chi connectivity index (χ1v) is 9.76. The van der Waals surface area contributed by atoms with Gasteiger partial charge in [0, 0.05) is 32.0 Å². The maximum absolute atomic E-state index is 12.3. The Bertz CT molecular complexity index is 472. The largest absolute Gasteiger partial charge is 0.481 e. The predicted octanol–water partition coefficient (Wildman–Crippen LogP) is 2.56. The van der Waals surface area contributed by atoms with Gasteiger partial charge in [0.2, 0.25) is 11.8 Å². The minimum Gasteiger partial charge on any atom is -0.481 e. The summed E-state index contributed by atoms with van der Waals surface area (Å²) in [4.78, 5) is 36.9. The van der Waals surface area contributed by atoms with Gasteiger partial charge >= 0.3 is 5.97 Å². The van der Waals surface area contributed by atoms with Crippen LogP contribution in [0.5, 0.6) is 0 Å². The number of nitrogens with zero attached hydrogens (tertiary/aromatic N) is 1. The lowest BCUT2D eigenvalue weighted by Crippen LogP contribution is -2.40. The summed E-state index contributed by atoms with van der Waals surface area (Å²) in [5, 5.41) is 11.5. The maximum Gasteiger partial charge on any atom is 0.303 e. The average molecular weight is 352 g/mol. The highest BCUT2D eigenvalue weighted by atomic mass is 16.4. The number of carbonyl (C=O) groups is 3. The van der Waals surface area contributed by atoms with Crippen molar-refractivity contribution in [2.75, 3.05) is 13.1 Å². The number of hydrogen-bond acceptors (Lipinski definition) is 3. The highest BCUT2D eigenvalue weighted by Crippen LogP contribution is 2.31. The van der Waals surface area contributed by atoms with Gasteiger partial charge in [0.25, 0.3) is 0 Å². The fourth-order valence-corrected chi connectivity index (χ4v) is 3.93. The summed E-state index contributed by atoms with van der Waals surface area (Å²) >= 11 is 0. The molecule has 1 saturated heterocycles. The molecule has 2 aliphatic rings. The zero-order chi connectivity index (χ0) is 18.2. The molecule has 1 atom stereocenters. The Morgan fingerprint density at radius 3 is 2.48 bits per heavy atom. The van der Waals surface area contributed by atoms with Crippen molar-refractivity contribution in [3.8, 4) is 0 Å². The molecule has 1 unspecified atom stereocenters. The molecule has 6 heteroatoms. The molecule has 1 heterocycles. The zero-order valence-corrected chi connectivity index (χ0v) is 15.3. The molecule has 25 heavy (non-hydrogen) atoms.